The van der Waals surface area contributed by atoms with E-state index < -0.39 is 0 Å². The second kappa shape index (κ2) is 8.74. The molecular formula is C29H18IrN2O-2. The minimum atomic E-state index is 0. The van der Waals surface area contributed by atoms with Crippen LogP contribution in [0.4, 0.5) is 0 Å². The minimum Gasteiger partial charge on any atom is -0.457 e. The van der Waals surface area contributed by atoms with Crippen LogP contribution in [0.2, 0.25) is 0 Å². The molecule has 0 atom stereocenters. The molecule has 33 heavy (non-hydrogen) atoms. The van der Waals surface area contributed by atoms with E-state index in [1.54, 1.807) is 6.20 Å². The molecule has 1 radical (unpaired) electrons. The third-order valence-electron chi connectivity index (χ3n) is 5.67. The quantitative estimate of drug-likeness (QED) is 0.145. The summed E-state index contributed by atoms with van der Waals surface area (Å²) in [6.07, 6.45) is 3.60. The molecule has 3 aromatic heterocycles. The Labute approximate surface area is 204 Å². The monoisotopic (exact) mass is 603 g/mol. The number of furan rings is 1. The summed E-state index contributed by atoms with van der Waals surface area (Å²) in [5, 5.41) is 5.78. The van der Waals surface area contributed by atoms with Crippen molar-refractivity contribution in [3.8, 4) is 11.3 Å². The number of pyridine rings is 2. The van der Waals surface area contributed by atoms with Crippen molar-refractivity contribution in [2.75, 3.05) is 0 Å². The third-order valence-corrected chi connectivity index (χ3v) is 5.67. The number of hydrogen-bond donors (Lipinski definition) is 0. The van der Waals surface area contributed by atoms with Gasteiger partial charge in [0.15, 0.2) is 0 Å². The van der Waals surface area contributed by atoms with Gasteiger partial charge in [-0.25, -0.2) is 0 Å². The van der Waals surface area contributed by atoms with Crippen molar-refractivity contribution in [3.63, 3.8) is 0 Å². The van der Waals surface area contributed by atoms with E-state index in [1.165, 1.54) is 21.7 Å². The summed E-state index contributed by atoms with van der Waals surface area (Å²) in [5.74, 6) is 0. The topological polar surface area (TPSA) is 38.9 Å². The molecule has 0 spiro atoms. The maximum Gasteiger partial charge on any atom is 0.134 e. The zero-order valence-electron chi connectivity index (χ0n) is 17.8. The van der Waals surface area contributed by atoms with Gasteiger partial charge in [0.05, 0.1) is 0 Å². The summed E-state index contributed by atoms with van der Waals surface area (Å²) in [4.78, 5) is 8.79. The van der Waals surface area contributed by atoms with E-state index >= 15 is 0 Å². The van der Waals surface area contributed by atoms with E-state index in [4.69, 9.17) is 4.42 Å². The first-order chi connectivity index (χ1) is 15.8. The Balaban J connectivity index is 0.000000152. The molecule has 3 heterocycles. The standard InChI is InChI=1S/C18H10NO.C11H8N.Ir/c1-10-5-6-12-13(9-10)11-3-2-4-14-16(11)17-15(20-14)7-8-19-18(12)17;1-2-6-10(7-3-1)11-8-4-5-9-12-11;/h2-5,7-9H,1H3;1-6,8-9H;/q2*-1;. The number of hydrogen-bond acceptors (Lipinski definition) is 3. The molecule has 3 nitrogen and oxygen atoms in total. The van der Waals surface area contributed by atoms with E-state index in [2.05, 4.69) is 41.2 Å². The summed E-state index contributed by atoms with van der Waals surface area (Å²) in [5.41, 5.74) is 6.03. The number of aryl methyl sites for hydroxylation is 1. The van der Waals surface area contributed by atoms with Gasteiger partial charge in [-0.2, -0.15) is 0 Å². The van der Waals surface area contributed by atoms with Crippen molar-refractivity contribution >= 4 is 43.6 Å². The molecule has 0 saturated heterocycles. The molecule has 0 bridgehead atoms. The van der Waals surface area contributed by atoms with Crippen molar-refractivity contribution in [2.24, 2.45) is 0 Å². The summed E-state index contributed by atoms with van der Waals surface area (Å²) < 4.78 is 5.96. The van der Waals surface area contributed by atoms with Crippen molar-refractivity contribution in [1.82, 2.24) is 9.97 Å². The Bertz CT molecular complexity index is 1640. The van der Waals surface area contributed by atoms with Gasteiger partial charge < -0.3 is 14.4 Å². The fourth-order valence-electron chi connectivity index (χ4n) is 4.27. The minimum absolute atomic E-state index is 0. The average molecular weight is 603 g/mol. The van der Waals surface area contributed by atoms with Crippen molar-refractivity contribution in [1.29, 1.82) is 0 Å². The van der Waals surface area contributed by atoms with E-state index in [-0.39, 0.29) is 20.1 Å². The molecule has 4 aromatic carbocycles. The van der Waals surface area contributed by atoms with Crippen LogP contribution in [0, 0.1) is 19.1 Å². The fraction of sp³-hybridized carbons (Fsp3) is 0.0345. The molecule has 0 N–H and O–H groups in total. The molecule has 0 aliphatic heterocycles. The van der Waals surface area contributed by atoms with Gasteiger partial charge in [0.25, 0.3) is 0 Å². The van der Waals surface area contributed by atoms with Gasteiger partial charge in [-0.3, -0.25) is 0 Å². The predicted molar refractivity (Wildman–Crippen MR) is 130 cm³/mol. The van der Waals surface area contributed by atoms with Crippen LogP contribution in [0.1, 0.15) is 5.56 Å². The Morgan fingerprint density at radius 2 is 1.64 bits per heavy atom. The first-order valence-electron chi connectivity index (χ1n) is 10.5. The summed E-state index contributed by atoms with van der Waals surface area (Å²) >= 11 is 0. The second-order valence-corrected chi connectivity index (χ2v) is 7.77. The van der Waals surface area contributed by atoms with Crippen LogP contribution in [0.25, 0.3) is 54.9 Å². The van der Waals surface area contributed by atoms with Crippen LogP contribution >= 0.6 is 0 Å². The van der Waals surface area contributed by atoms with Crippen LogP contribution in [0.5, 0.6) is 0 Å². The SMILES string of the molecule is Cc1c[c-]c2c(c1)c1cccc3oc4ccnc2c4c31.[Ir].[c-]1ccccc1-c1ccccn1. The van der Waals surface area contributed by atoms with Crippen LogP contribution in [-0.2, 0) is 20.1 Å². The Morgan fingerprint density at radius 3 is 2.45 bits per heavy atom. The number of rotatable bonds is 1. The van der Waals surface area contributed by atoms with Gasteiger partial charge in [-0.1, -0.05) is 36.6 Å². The largest absolute Gasteiger partial charge is 0.457 e. The molecule has 4 heteroatoms. The van der Waals surface area contributed by atoms with Gasteiger partial charge in [-0.05, 0) is 29.3 Å². The molecule has 7 aromatic rings. The van der Waals surface area contributed by atoms with E-state index in [0.29, 0.717) is 0 Å². The van der Waals surface area contributed by atoms with Crippen molar-refractivity contribution < 1.29 is 24.5 Å². The van der Waals surface area contributed by atoms with Crippen LogP contribution in [0.3, 0.4) is 0 Å². The van der Waals surface area contributed by atoms with Crippen LogP contribution < -0.4 is 0 Å². The molecule has 0 aliphatic carbocycles. The Hall–Kier alpha value is -3.59. The molecule has 0 unspecified atom stereocenters. The predicted octanol–water partition coefficient (Wildman–Crippen LogP) is 7.38. The van der Waals surface area contributed by atoms with Crippen molar-refractivity contribution in [3.05, 3.63) is 109 Å². The zero-order valence-corrected chi connectivity index (χ0v) is 20.2. The molecule has 0 fully saturated rings. The van der Waals surface area contributed by atoms with Crippen LogP contribution in [0.15, 0.2) is 95.7 Å². The number of nitrogens with zero attached hydrogens (tertiary/aromatic N) is 2. The molecule has 0 amide bonds. The fourth-order valence-corrected chi connectivity index (χ4v) is 4.27. The summed E-state index contributed by atoms with van der Waals surface area (Å²) in [7, 11) is 0. The van der Waals surface area contributed by atoms with Gasteiger partial charge in [0.2, 0.25) is 0 Å². The Kier molecular flexibility index (Phi) is 5.63. The normalized spacial score (nSPS) is 10.9. The average Bonchev–Trinajstić information content (AvgIpc) is 3.24. The molecule has 7 rings (SSSR count). The van der Waals surface area contributed by atoms with Gasteiger partial charge in [0, 0.05) is 48.8 Å². The van der Waals surface area contributed by atoms with E-state index in [9.17, 15) is 0 Å². The zero-order chi connectivity index (χ0) is 21.5. The summed E-state index contributed by atoms with van der Waals surface area (Å²) in [6.45, 7) is 2.09. The summed E-state index contributed by atoms with van der Waals surface area (Å²) in [6, 6.07) is 32.6. The molecule has 0 aliphatic rings. The van der Waals surface area contributed by atoms with Gasteiger partial charge in [0.1, 0.15) is 11.2 Å². The van der Waals surface area contributed by atoms with Gasteiger partial charge >= 0.3 is 0 Å². The number of benzene rings is 4. The third kappa shape index (κ3) is 3.68. The number of fused-ring (bicyclic) bond motifs is 3. The molecule has 161 valence electrons. The van der Waals surface area contributed by atoms with Crippen molar-refractivity contribution in [2.45, 2.75) is 6.92 Å². The first-order valence-corrected chi connectivity index (χ1v) is 10.5. The van der Waals surface area contributed by atoms with Crippen LogP contribution in [-0.4, -0.2) is 9.97 Å². The van der Waals surface area contributed by atoms with E-state index in [1.807, 2.05) is 72.9 Å². The maximum absolute atomic E-state index is 5.96. The van der Waals surface area contributed by atoms with E-state index in [0.717, 1.165) is 38.7 Å². The van der Waals surface area contributed by atoms with Gasteiger partial charge in [-0.15, -0.1) is 65.0 Å². The Morgan fingerprint density at radius 1 is 0.758 bits per heavy atom. The maximum atomic E-state index is 5.96. The smallest absolute Gasteiger partial charge is 0.134 e. The first kappa shape index (κ1) is 21.3. The number of aromatic nitrogens is 2. The second-order valence-electron chi connectivity index (χ2n) is 7.77. The molecule has 0 saturated carbocycles. The molecular weight excluding hydrogens is 585 g/mol.